The van der Waals surface area contributed by atoms with Crippen LogP contribution in [0.15, 0.2) is 24.3 Å². The lowest BCUT2D eigenvalue weighted by Gasteiger charge is -2.15. The van der Waals surface area contributed by atoms with Gasteiger partial charge in [0, 0.05) is 23.6 Å². The molecule has 0 N–H and O–H groups in total. The highest BCUT2D eigenvalue weighted by atomic mass is 35.5. The smallest absolute Gasteiger partial charge is 0.164 e. The van der Waals surface area contributed by atoms with Crippen LogP contribution in [0.2, 0.25) is 5.02 Å². The molecule has 0 aromatic heterocycles. The molecule has 1 rings (SSSR count). The van der Waals surface area contributed by atoms with Crippen LogP contribution < -0.4 is 0 Å². The van der Waals surface area contributed by atoms with Crippen LogP contribution >= 0.6 is 11.6 Å². The molecule has 0 heterocycles. The van der Waals surface area contributed by atoms with Crippen LogP contribution in [0.4, 0.5) is 0 Å². The van der Waals surface area contributed by atoms with Gasteiger partial charge in [-0.3, -0.25) is 4.79 Å². The zero-order chi connectivity index (χ0) is 12.7. The number of halogens is 1. The van der Waals surface area contributed by atoms with Gasteiger partial charge in [-0.25, -0.2) is 0 Å². The normalized spacial score (nSPS) is 10.8. The van der Waals surface area contributed by atoms with E-state index in [2.05, 4.69) is 18.9 Å². The molecule has 3 heteroatoms. The summed E-state index contributed by atoms with van der Waals surface area (Å²) in [6, 6.07) is 7.10. The standard InChI is InChI=1S/C14H20ClNO/c1-3-4-10-16(2)11-9-14(17)12-5-7-13(15)8-6-12/h5-8H,3-4,9-11H2,1-2H3. The number of ketones is 1. The Morgan fingerprint density at radius 2 is 1.88 bits per heavy atom. The Balaban J connectivity index is 2.36. The summed E-state index contributed by atoms with van der Waals surface area (Å²) in [5, 5.41) is 0.668. The molecular formula is C14H20ClNO. The van der Waals surface area contributed by atoms with Crippen molar-refractivity contribution in [1.82, 2.24) is 4.90 Å². The van der Waals surface area contributed by atoms with Crippen molar-refractivity contribution in [2.75, 3.05) is 20.1 Å². The molecule has 0 amide bonds. The maximum absolute atomic E-state index is 11.9. The average molecular weight is 254 g/mol. The fourth-order valence-corrected chi connectivity index (χ4v) is 1.74. The lowest BCUT2D eigenvalue weighted by molar-refractivity contribution is 0.0969. The van der Waals surface area contributed by atoms with Crippen molar-refractivity contribution in [3.05, 3.63) is 34.9 Å². The molecular weight excluding hydrogens is 234 g/mol. The van der Waals surface area contributed by atoms with E-state index in [1.807, 2.05) is 0 Å². The third-order valence-electron chi connectivity index (χ3n) is 2.78. The van der Waals surface area contributed by atoms with Crippen LogP contribution in [0, 0.1) is 0 Å². The van der Waals surface area contributed by atoms with Gasteiger partial charge < -0.3 is 4.90 Å². The third-order valence-corrected chi connectivity index (χ3v) is 3.03. The number of carbonyl (C=O) groups excluding carboxylic acids is 1. The predicted octanol–water partition coefficient (Wildman–Crippen LogP) is 3.64. The highest BCUT2D eigenvalue weighted by Gasteiger charge is 2.07. The van der Waals surface area contributed by atoms with Crippen molar-refractivity contribution in [3.63, 3.8) is 0 Å². The van der Waals surface area contributed by atoms with Crippen LogP contribution in [-0.4, -0.2) is 30.8 Å². The van der Waals surface area contributed by atoms with Gasteiger partial charge in [0.15, 0.2) is 5.78 Å². The monoisotopic (exact) mass is 253 g/mol. The van der Waals surface area contributed by atoms with Crippen molar-refractivity contribution < 1.29 is 4.79 Å². The van der Waals surface area contributed by atoms with E-state index in [-0.39, 0.29) is 5.78 Å². The van der Waals surface area contributed by atoms with Gasteiger partial charge in [-0.15, -0.1) is 0 Å². The highest BCUT2D eigenvalue weighted by molar-refractivity contribution is 6.30. The minimum atomic E-state index is 0.185. The lowest BCUT2D eigenvalue weighted by Crippen LogP contribution is -2.22. The molecule has 0 unspecified atom stereocenters. The van der Waals surface area contributed by atoms with Crippen molar-refractivity contribution in [3.8, 4) is 0 Å². The van der Waals surface area contributed by atoms with E-state index < -0.39 is 0 Å². The molecule has 2 nitrogen and oxygen atoms in total. The van der Waals surface area contributed by atoms with E-state index in [4.69, 9.17) is 11.6 Å². The van der Waals surface area contributed by atoms with Gasteiger partial charge in [0.05, 0.1) is 0 Å². The first kappa shape index (κ1) is 14.2. The van der Waals surface area contributed by atoms with Gasteiger partial charge in [-0.1, -0.05) is 24.9 Å². The molecule has 0 aliphatic rings. The van der Waals surface area contributed by atoms with Gasteiger partial charge in [-0.2, -0.15) is 0 Å². The summed E-state index contributed by atoms with van der Waals surface area (Å²) in [6.45, 7) is 4.05. The lowest BCUT2D eigenvalue weighted by atomic mass is 10.1. The van der Waals surface area contributed by atoms with Crippen LogP contribution in [0.1, 0.15) is 36.5 Å². The average Bonchev–Trinajstić information content (AvgIpc) is 2.34. The summed E-state index contributed by atoms with van der Waals surface area (Å²) in [4.78, 5) is 14.1. The SMILES string of the molecule is CCCCN(C)CCC(=O)c1ccc(Cl)cc1. The maximum atomic E-state index is 11.9. The van der Waals surface area contributed by atoms with Crippen LogP contribution in [-0.2, 0) is 0 Å². The van der Waals surface area contributed by atoms with Crippen molar-refractivity contribution >= 4 is 17.4 Å². The number of hydrogen-bond donors (Lipinski definition) is 0. The summed E-state index contributed by atoms with van der Waals surface area (Å²) < 4.78 is 0. The minimum Gasteiger partial charge on any atom is -0.306 e. The van der Waals surface area contributed by atoms with E-state index >= 15 is 0 Å². The molecule has 94 valence electrons. The number of Topliss-reactive ketones (excluding diaryl/α,β-unsaturated/α-hetero) is 1. The molecule has 0 saturated heterocycles. The summed E-state index contributed by atoms with van der Waals surface area (Å²) >= 11 is 5.78. The molecule has 0 radical (unpaired) electrons. The van der Waals surface area contributed by atoms with Crippen LogP contribution in [0.3, 0.4) is 0 Å². The molecule has 0 saturated carbocycles. The molecule has 0 aliphatic carbocycles. The summed E-state index contributed by atoms with van der Waals surface area (Å²) in [7, 11) is 2.06. The number of hydrogen-bond acceptors (Lipinski definition) is 2. The Bertz CT molecular complexity index is 348. The molecule has 0 bridgehead atoms. The van der Waals surface area contributed by atoms with E-state index in [0.717, 1.165) is 18.7 Å². The summed E-state index contributed by atoms with van der Waals surface area (Å²) in [6.07, 6.45) is 2.95. The first-order valence-corrected chi connectivity index (χ1v) is 6.48. The molecule has 0 atom stereocenters. The fourth-order valence-electron chi connectivity index (χ4n) is 1.61. The molecule has 1 aromatic carbocycles. The minimum absolute atomic E-state index is 0.185. The highest BCUT2D eigenvalue weighted by Crippen LogP contribution is 2.11. The Labute approximate surface area is 109 Å². The Kier molecular flexibility index (Phi) is 6.23. The Morgan fingerprint density at radius 1 is 1.24 bits per heavy atom. The van der Waals surface area contributed by atoms with Gasteiger partial charge in [0.25, 0.3) is 0 Å². The quantitative estimate of drug-likeness (QED) is 0.692. The fraction of sp³-hybridized carbons (Fsp3) is 0.500. The Hall–Kier alpha value is -0.860. The van der Waals surface area contributed by atoms with Crippen molar-refractivity contribution in [1.29, 1.82) is 0 Å². The van der Waals surface area contributed by atoms with Crippen molar-refractivity contribution in [2.45, 2.75) is 26.2 Å². The van der Waals surface area contributed by atoms with Crippen LogP contribution in [0.25, 0.3) is 0 Å². The topological polar surface area (TPSA) is 20.3 Å². The maximum Gasteiger partial charge on any atom is 0.164 e. The number of benzene rings is 1. The molecule has 17 heavy (non-hydrogen) atoms. The zero-order valence-corrected chi connectivity index (χ0v) is 11.3. The molecule has 0 aliphatic heterocycles. The first-order valence-electron chi connectivity index (χ1n) is 6.10. The Morgan fingerprint density at radius 3 is 2.47 bits per heavy atom. The number of nitrogens with zero attached hydrogens (tertiary/aromatic N) is 1. The van der Waals surface area contributed by atoms with Crippen LogP contribution in [0.5, 0.6) is 0 Å². The van der Waals surface area contributed by atoms with Gasteiger partial charge >= 0.3 is 0 Å². The van der Waals surface area contributed by atoms with E-state index in [9.17, 15) is 4.79 Å². The van der Waals surface area contributed by atoms with Gasteiger partial charge in [-0.05, 0) is 44.3 Å². The van der Waals surface area contributed by atoms with E-state index in [1.54, 1.807) is 24.3 Å². The van der Waals surface area contributed by atoms with E-state index in [1.165, 1.54) is 12.8 Å². The molecule has 1 aromatic rings. The number of rotatable bonds is 7. The van der Waals surface area contributed by atoms with E-state index in [0.29, 0.717) is 11.4 Å². The zero-order valence-electron chi connectivity index (χ0n) is 10.6. The second-order valence-corrected chi connectivity index (χ2v) is 4.77. The molecule has 0 fully saturated rings. The number of carbonyl (C=O) groups is 1. The van der Waals surface area contributed by atoms with Gasteiger partial charge in [0.1, 0.15) is 0 Å². The second kappa shape index (κ2) is 7.46. The first-order chi connectivity index (χ1) is 8.13. The summed E-state index contributed by atoms with van der Waals surface area (Å²) in [5.41, 5.74) is 0.748. The van der Waals surface area contributed by atoms with Gasteiger partial charge in [0.2, 0.25) is 0 Å². The predicted molar refractivity (Wildman–Crippen MR) is 72.8 cm³/mol. The second-order valence-electron chi connectivity index (χ2n) is 4.34. The third kappa shape index (κ3) is 5.33. The molecule has 0 spiro atoms. The van der Waals surface area contributed by atoms with Crippen molar-refractivity contribution in [2.24, 2.45) is 0 Å². The largest absolute Gasteiger partial charge is 0.306 e. The number of unbranched alkanes of at least 4 members (excludes halogenated alkanes) is 1. The summed E-state index contributed by atoms with van der Waals surface area (Å²) in [5.74, 6) is 0.185.